The Balaban J connectivity index is 2.11. The van der Waals surface area contributed by atoms with Gasteiger partial charge in [-0.1, -0.05) is 12.2 Å². The Bertz CT molecular complexity index is 436. The van der Waals surface area contributed by atoms with Gasteiger partial charge in [-0.25, -0.2) is 0 Å². The molecule has 0 aliphatic carbocycles. The summed E-state index contributed by atoms with van der Waals surface area (Å²) in [4.78, 5) is 0. The van der Waals surface area contributed by atoms with E-state index in [0.717, 1.165) is 25.5 Å². The molecule has 2 rings (SSSR count). The van der Waals surface area contributed by atoms with Crippen LogP contribution in [0.25, 0.3) is 6.08 Å². The van der Waals surface area contributed by atoms with Gasteiger partial charge in [-0.3, -0.25) is 4.68 Å². The van der Waals surface area contributed by atoms with Gasteiger partial charge in [-0.05, 0) is 27.7 Å². The lowest BCUT2D eigenvalue weighted by atomic mass is 10.1. The molecule has 18 heavy (non-hydrogen) atoms. The second-order valence-corrected chi connectivity index (χ2v) is 4.97. The van der Waals surface area contributed by atoms with Gasteiger partial charge in [-0.15, -0.1) is 0 Å². The maximum Gasteiger partial charge on any atom is 0.0668 e. The van der Waals surface area contributed by atoms with Crippen LogP contribution in [-0.2, 0) is 11.3 Å². The maximum absolute atomic E-state index is 5.54. The summed E-state index contributed by atoms with van der Waals surface area (Å²) in [6, 6.07) is 0.728. The average molecular weight is 249 g/mol. The molecule has 100 valence electrons. The lowest BCUT2D eigenvalue weighted by Gasteiger charge is -2.26. The van der Waals surface area contributed by atoms with Crippen LogP contribution in [0.15, 0.2) is 6.08 Å². The Labute approximate surface area is 109 Å². The van der Waals surface area contributed by atoms with Crippen molar-refractivity contribution in [1.29, 1.82) is 0 Å². The van der Waals surface area contributed by atoms with E-state index in [9.17, 15) is 0 Å². The van der Waals surface area contributed by atoms with Gasteiger partial charge in [0.05, 0.1) is 18.9 Å². The van der Waals surface area contributed by atoms with Crippen LogP contribution in [0, 0.1) is 13.8 Å². The van der Waals surface area contributed by atoms with Crippen molar-refractivity contribution < 1.29 is 4.74 Å². The predicted octanol–water partition coefficient (Wildman–Crippen LogP) is 1.91. The van der Waals surface area contributed by atoms with E-state index >= 15 is 0 Å². The van der Waals surface area contributed by atoms with Crippen LogP contribution in [0.4, 0.5) is 0 Å². The molecule has 1 N–H and O–H groups in total. The molecule has 0 spiro atoms. The highest BCUT2D eigenvalue weighted by Crippen LogP contribution is 2.15. The second kappa shape index (κ2) is 5.67. The lowest BCUT2D eigenvalue weighted by Crippen LogP contribution is -2.46. The van der Waals surface area contributed by atoms with Crippen LogP contribution >= 0.6 is 0 Å². The molecule has 4 nitrogen and oxygen atoms in total. The molecule has 1 saturated heterocycles. The fourth-order valence-corrected chi connectivity index (χ4v) is 2.42. The van der Waals surface area contributed by atoms with Crippen molar-refractivity contribution in [3.05, 3.63) is 23.0 Å². The Hall–Kier alpha value is -1.13. The van der Waals surface area contributed by atoms with Gasteiger partial charge in [0, 0.05) is 29.9 Å². The van der Waals surface area contributed by atoms with Crippen molar-refractivity contribution >= 4 is 6.08 Å². The summed E-state index contributed by atoms with van der Waals surface area (Å²) in [5.74, 6) is 0. The summed E-state index contributed by atoms with van der Waals surface area (Å²) >= 11 is 0. The quantitative estimate of drug-likeness (QED) is 0.889. The number of hydrogen-bond acceptors (Lipinski definition) is 3. The topological polar surface area (TPSA) is 39.1 Å². The van der Waals surface area contributed by atoms with Gasteiger partial charge in [0.1, 0.15) is 0 Å². The second-order valence-electron chi connectivity index (χ2n) is 4.97. The van der Waals surface area contributed by atoms with Crippen LogP contribution in [0.1, 0.15) is 30.8 Å². The molecule has 2 atom stereocenters. The first kappa shape index (κ1) is 13.3. The van der Waals surface area contributed by atoms with Gasteiger partial charge in [0.2, 0.25) is 0 Å². The third kappa shape index (κ3) is 2.82. The molecule has 1 aromatic heterocycles. The van der Waals surface area contributed by atoms with Crippen LogP contribution in [0.3, 0.4) is 0 Å². The van der Waals surface area contributed by atoms with E-state index < -0.39 is 0 Å². The van der Waals surface area contributed by atoms with Gasteiger partial charge < -0.3 is 10.1 Å². The molecule has 0 bridgehead atoms. The normalized spacial score (nSPS) is 24.9. The van der Waals surface area contributed by atoms with Gasteiger partial charge in [-0.2, -0.15) is 5.10 Å². The Morgan fingerprint density at radius 2 is 2.22 bits per heavy atom. The molecule has 0 radical (unpaired) electrons. The SMILES string of the molecule is CCn1nc(C)c(/C=C/C2COCC(C)N2)c1C. The summed E-state index contributed by atoms with van der Waals surface area (Å²) in [6.07, 6.45) is 4.36. The van der Waals surface area contributed by atoms with E-state index in [1.165, 1.54) is 11.3 Å². The summed E-state index contributed by atoms with van der Waals surface area (Å²) in [5.41, 5.74) is 3.56. The van der Waals surface area contributed by atoms with Crippen molar-refractivity contribution in [2.75, 3.05) is 13.2 Å². The third-order valence-electron chi connectivity index (χ3n) is 3.40. The Morgan fingerprint density at radius 1 is 1.44 bits per heavy atom. The highest BCUT2D eigenvalue weighted by Gasteiger charge is 2.16. The van der Waals surface area contributed by atoms with E-state index in [1.54, 1.807) is 0 Å². The summed E-state index contributed by atoms with van der Waals surface area (Å²) in [5, 5.41) is 8.03. The van der Waals surface area contributed by atoms with Crippen molar-refractivity contribution in [3.8, 4) is 0 Å². The zero-order valence-corrected chi connectivity index (χ0v) is 11.7. The van der Waals surface area contributed by atoms with Gasteiger partial charge in [0.15, 0.2) is 0 Å². The Kier molecular flexibility index (Phi) is 4.19. The number of morpholine rings is 1. The number of ether oxygens (including phenoxy) is 1. The van der Waals surface area contributed by atoms with E-state index in [0.29, 0.717) is 12.1 Å². The van der Waals surface area contributed by atoms with Gasteiger partial charge in [0.25, 0.3) is 0 Å². The first-order valence-electron chi connectivity index (χ1n) is 6.67. The van der Waals surface area contributed by atoms with Crippen LogP contribution < -0.4 is 5.32 Å². The van der Waals surface area contributed by atoms with E-state index in [2.05, 4.69) is 50.3 Å². The van der Waals surface area contributed by atoms with Crippen molar-refractivity contribution in [2.45, 2.75) is 46.3 Å². The molecule has 2 heterocycles. The lowest BCUT2D eigenvalue weighted by molar-refractivity contribution is 0.0637. The molecule has 1 aliphatic rings. The van der Waals surface area contributed by atoms with Crippen molar-refractivity contribution in [1.82, 2.24) is 15.1 Å². The molecule has 0 amide bonds. The fourth-order valence-electron chi connectivity index (χ4n) is 2.42. The fraction of sp³-hybridized carbons (Fsp3) is 0.643. The molecule has 1 aromatic rings. The summed E-state index contributed by atoms with van der Waals surface area (Å²) < 4.78 is 7.58. The van der Waals surface area contributed by atoms with Crippen molar-refractivity contribution in [3.63, 3.8) is 0 Å². The number of aryl methyl sites for hydroxylation is 2. The first-order valence-corrected chi connectivity index (χ1v) is 6.67. The van der Waals surface area contributed by atoms with Crippen LogP contribution in [0.2, 0.25) is 0 Å². The minimum Gasteiger partial charge on any atom is -0.378 e. The molecule has 4 heteroatoms. The van der Waals surface area contributed by atoms with E-state index in [4.69, 9.17) is 4.74 Å². The molecule has 2 unspecified atom stereocenters. The zero-order valence-electron chi connectivity index (χ0n) is 11.7. The molecule has 0 aromatic carbocycles. The van der Waals surface area contributed by atoms with Crippen molar-refractivity contribution in [2.24, 2.45) is 0 Å². The molecule has 0 saturated carbocycles. The zero-order chi connectivity index (χ0) is 13.1. The minimum atomic E-state index is 0.303. The molecule has 1 aliphatic heterocycles. The Morgan fingerprint density at radius 3 is 2.83 bits per heavy atom. The highest BCUT2D eigenvalue weighted by atomic mass is 16.5. The first-order chi connectivity index (χ1) is 8.61. The number of aromatic nitrogens is 2. The molecular formula is C14H23N3O. The number of nitrogens with one attached hydrogen (secondary N) is 1. The highest BCUT2D eigenvalue weighted by molar-refractivity contribution is 5.55. The number of nitrogens with zero attached hydrogens (tertiary/aromatic N) is 2. The molecule has 1 fully saturated rings. The standard InChI is InChI=1S/C14H23N3O/c1-5-17-12(4)14(11(3)16-17)7-6-13-9-18-8-10(2)15-13/h6-7,10,13,15H,5,8-9H2,1-4H3/b7-6+. The molecular weight excluding hydrogens is 226 g/mol. The maximum atomic E-state index is 5.54. The third-order valence-corrected chi connectivity index (χ3v) is 3.40. The monoisotopic (exact) mass is 249 g/mol. The van der Waals surface area contributed by atoms with E-state index in [-0.39, 0.29) is 0 Å². The predicted molar refractivity (Wildman–Crippen MR) is 73.6 cm³/mol. The summed E-state index contributed by atoms with van der Waals surface area (Å²) in [7, 11) is 0. The van der Waals surface area contributed by atoms with Gasteiger partial charge >= 0.3 is 0 Å². The summed E-state index contributed by atoms with van der Waals surface area (Å²) in [6.45, 7) is 10.9. The van der Waals surface area contributed by atoms with E-state index in [1.807, 2.05) is 4.68 Å². The average Bonchev–Trinajstić information content (AvgIpc) is 2.62. The number of rotatable bonds is 3. The smallest absolute Gasteiger partial charge is 0.0668 e. The van der Waals surface area contributed by atoms with Crippen LogP contribution in [0.5, 0.6) is 0 Å². The minimum absolute atomic E-state index is 0.303. The van der Waals surface area contributed by atoms with Crippen LogP contribution in [-0.4, -0.2) is 35.1 Å². The largest absolute Gasteiger partial charge is 0.378 e. The number of hydrogen-bond donors (Lipinski definition) is 1.